The van der Waals surface area contributed by atoms with Crippen LogP contribution in [0.5, 0.6) is 17.2 Å². The Morgan fingerprint density at radius 2 is 1.70 bits per heavy atom. The molecule has 1 saturated carbocycles. The first-order valence-electron chi connectivity index (χ1n) is 22.2. The molecule has 3 N–H and O–H groups in total. The summed E-state index contributed by atoms with van der Waals surface area (Å²) in [5.74, 6) is -0.780. The maximum absolute atomic E-state index is 15.2. The number of ether oxygens (including phenoxy) is 3. The number of nitrogens with zero attached hydrogens (tertiary/aromatic N) is 2. The second kappa shape index (κ2) is 21.2. The van der Waals surface area contributed by atoms with Gasteiger partial charge in [0, 0.05) is 55.2 Å². The number of amides is 1. The van der Waals surface area contributed by atoms with Crippen LogP contribution < -0.4 is 14.8 Å². The molecule has 3 aromatic carbocycles. The number of aliphatic hydroxyl groups excluding tert-OH is 2. The van der Waals surface area contributed by atoms with Crippen LogP contribution in [-0.4, -0.2) is 84.6 Å². The quantitative estimate of drug-likeness (QED) is 0.0407. The standard InChI is InChI=1S/C49H65N3O9S2/c1-8-26-52(63(56,57)39-23-16-35(17-24-39)50-33(3)55)45-32-43(51-61-48(4,5)6)41-30-34(14-10-12-27-53)40(15-11-13-28-54)46-42-31-37(59-36-18-21-38(62-7)22-19-36)20-25-44(42)60-49(45,47(41)46)58-29-9-2/h9,16-25,30-31,34,40,45-47,53-54H,2,8,10-15,26-29,32H2,1,3-7H3,(H,50,55)/t34-,40+,45-,46+,47+,49+/m0/s1. The molecule has 63 heavy (non-hydrogen) atoms. The predicted octanol–water partition coefficient (Wildman–Crippen LogP) is 9.69. The lowest BCUT2D eigenvalue weighted by Crippen LogP contribution is -2.70. The number of thioether (sulfide) groups is 1. The van der Waals surface area contributed by atoms with Gasteiger partial charge >= 0.3 is 0 Å². The number of unbranched alkanes of at least 4 members (excludes halogenated alkanes) is 2. The summed E-state index contributed by atoms with van der Waals surface area (Å²) in [5.41, 5.74) is 2.25. The number of hydrogen-bond donors (Lipinski definition) is 3. The highest BCUT2D eigenvalue weighted by atomic mass is 32.2. The van der Waals surface area contributed by atoms with Gasteiger partial charge < -0.3 is 34.6 Å². The number of benzene rings is 3. The zero-order valence-corrected chi connectivity index (χ0v) is 39.2. The van der Waals surface area contributed by atoms with Crippen LogP contribution >= 0.6 is 11.8 Å². The number of sulfonamides is 1. The van der Waals surface area contributed by atoms with Crippen molar-refractivity contribution < 1.29 is 42.5 Å². The van der Waals surface area contributed by atoms with Crippen molar-refractivity contribution in [3.63, 3.8) is 0 Å². The van der Waals surface area contributed by atoms with Crippen molar-refractivity contribution >= 4 is 39.1 Å². The van der Waals surface area contributed by atoms with Crippen LogP contribution in [0, 0.1) is 17.8 Å². The van der Waals surface area contributed by atoms with E-state index in [0.717, 1.165) is 41.7 Å². The highest BCUT2D eigenvalue weighted by Gasteiger charge is 2.66. The first-order valence-corrected chi connectivity index (χ1v) is 24.8. The summed E-state index contributed by atoms with van der Waals surface area (Å²) in [4.78, 5) is 19.3. The summed E-state index contributed by atoms with van der Waals surface area (Å²) in [5, 5.41) is 27.5. The van der Waals surface area contributed by atoms with Crippen molar-refractivity contribution in [3.8, 4) is 17.2 Å². The number of hydrogen-bond acceptors (Lipinski definition) is 11. The van der Waals surface area contributed by atoms with Crippen molar-refractivity contribution in [2.24, 2.45) is 22.9 Å². The number of carbonyl (C=O) groups is 1. The van der Waals surface area contributed by atoms with Crippen LogP contribution in [0.4, 0.5) is 5.69 Å². The lowest BCUT2D eigenvalue weighted by atomic mass is 9.55. The minimum Gasteiger partial charge on any atom is -0.460 e. The van der Waals surface area contributed by atoms with E-state index < -0.39 is 33.4 Å². The van der Waals surface area contributed by atoms with Gasteiger partial charge in [0.15, 0.2) is 0 Å². The highest BCUT2D eigenvalue weighted by molar-refractivity contribution is 7.98. The van der Waals surface area contributed by atoms with Crippen molar-refractivity contribution in [1.29, 1.82) is 0 Å². The molecule has 14 heteroatoms. The molecule has 0 radical (unpaired) electrons. The molecule has 0 saturated heterocycles. The number of fused-ring (bicyclic) bond motifs is 2. The summed E-state index contributed by atoms with van der Waals surface area (Å²) in [6.45, 7) is 13.5. The molecule has 2 aliphatic carbocycles. The Bertz CT molecular complexity index is 2210. The van der Waals surface area contributed by atoms with Gasteiger partial charge in [0.05, 0.1) is 29.2 Å². The molecule has 3 aromatic rings. The number of nitrogens with one attached hydrogen (secondary N) is 1. The van der Waals surface area contributed by atoms with Gasteiger partial charge in [0.25, 0.3) is 0 Å². The lowest BCUT2D eigenvalue weighted by Gasteiger charge is -2.59. The fourth-order valence-electron chi connectivity index (χ4n) is 9.37. The molecule has 0 aromatic heterocycles. The summed E-state index contributed by atoms with van der Waals surface area (Å²) in [7, 11) is -4.25. The fourth-order valence-corrected chi connectivity index (χ4v) is 11.5. The third kappa shape index (κ3) is 11.0. The summed E-state index contributed by atoms with van der Waals surface area (Å²) in [6, 6.07) is 19.0. The Balaban J connectivity index is 1.61. The molecular formula is C49H65N3O9S2. The largest absolute Gasteiger partial charge is 0.460 e. The highest BCUT2D eigenvalue weighted by Crippen LogP contribution is 2.62. The Labute approximate surface area is 378 Å². The maximum Gasteiger partial charge on any atom is 0.243 e. The Morgan fingerprint density at radius 1 is 1.02 bits per heavy atom. The number of oxime groups is 1. The van der Waals surface area contributed by atoms with Crippen LogP contribution in [0.3, 0.4) is 0 Å². The van der Waals surface area contributed by atoms with Crippen LogP contribution in [-0.2, 0) is 24.4 Å². The zero-order chi connectivity index (χ0) is 45.4. The Kier molecular flexibility index (Phi) is 16.3. The average molecular weight is 904 g/mol. The Hall–Kier alpha value is -4.18. The normalized spacial score (nSPS) is 23.6. The van der Waals surface area contributed by atoms with Gasteiger partial charge in [-0.3, -0.25) is 4.79 Å². The number of aliphatic hydroxyl groups is 2. The van der Waals surface area contributed by atoms with Crippen molar-refractivity contribution in [1.82, 2.24) is 4.31 Å². The molecule has 1 heterocycles. The number of allylic oxidation sites excluding steroid dienone is 1. The molecule has 0 unspecified atom stereocenters. The third-order valence-electron chi connectivity index (χ3n) is 11.9. The van der Waals surface area contributed by atoms with Gasteiger partial charge in [-0.15, -0.1) is 18.3 Å². The topological polar surface area (TPSA) is 156 Å². The fraction of sp³-hybridized carbons (Fsp3) is 0.510. The van der Waals surface area contributed by atoms with E-state index in [1.54, 1.807) is 30.0 Å². The Morgan fingerprint density at radius 3 is 2.32 bits per heavy atom. The van der Waals surface area contributed by atoms with Gasteiger partial charge in [-0.1, -0.05) is 37.1 Å². The van der Waals surface area contributed by atoms with Crippen molar-refractivity contribution in [3.05, 3.63) is 96.6 Å². The van der Waals surface area contributed by atoms with Crippen molar-refractivity contribution in [2.45, 2.75) is 119 Å². The van der Waals surface area contributed by atoms with E-state index in [0.29, 0.717) is 47.9 Å². The zero-order valence-electron chi connectivity index (χ0n) is 37.5. The summed E-state index contributed by atoms with van der Waals surface area (Å²) >= 11 is 1.66. The first kappa shape index (κ1) is 48.3. The number of rotatable bonds is 21. The predicted molar refractivity (Wildman–Crippen MR) is 249 cm³/mol. The third-order valence-corrected chi connectivity index (χ3v) is 14.6. The molecule has 0 spiro atoms. The number of anilines is 1. The van der Waals surface area contributed by atoms with Crippen LogP contribution in [0.25, 0.3) is 0 Å². The maximum atomic E-state index is 15.2. The second-order valence-electron chi connectivity index (χ2n) is 17.6. The lowest BCUT2D eigenvalue weighted by molar-refractivity contribution is -0.251. The minimum atomic E-state index is -4.25. The van der Waals surface area contributed by atoms with Gasteiger partial charge in [0.1, 0.15) is 22.8 Å². The summed E-state index contributed by atoms with van der Waals surface area (Å²) in [6.07, 6.45) is 11.0. The number of carbonyl (C=O) groups excluding carboxylic acids is 1. The monoisotopic (exact) mass is 903 g/mol. The van der Waals surface area contributed by atoms with Crippen LogP contribution in [0.2, 0.25) is 0 Å². The first-order chi connectivity index (χ1) is 30.2. The van der Waals surface area contributed by atoms with E-state index >= 15 is 8.42 Å². The van der Waals surface area contributed by atoms with Crippen molar-refractivity contribution in [2.75, 3.05) is 37.9 Å². The van der Waals surface area contributed by atoms with Gasteiger partial charge in [-0.2, -0.15) is 4.31 Å². The van der Waals surface area contributed by atoms with E-state index in [2.05, 4.69) is 24.0 Å². The SMILES string of the molecule is C=CCO[C@@]12Oc3ccc(Oc4ccc(SC)cc4)cc3[C@H]3[C@H](CCCCO)[C@@H](CCCCO)C=C(C(=NOC(C)(C)C)C[C@@H]1N(CCC)S(=O)(=O)c1ccc(NC(C)=O)cc1)[C@H]32. The van der Waals surface area contributed by atoms with Crippen LogP contribution in [0.1, 0.15) is 97.5 Å². The molecule has 6 rings (SSSR count). The van der Waals surface area contributed by atoms with Crippen LogP contribution in [0.15, 0.2) is 106 Å². The molecule has 1 amide bonds. The molecule has 1 fully saturated rings. The van der Waals surface area contributed by atoms with E-state index in [-0.39, 0.29) is 61.3 Å². The molecule has 3 aliphatic rings. The molecule has 12 nitrogen and oxygen atoms in total. The molecule has 6 atom stereocenters. The van der Waals surface area contributed by atoms with Gasteiger partial charge in [-0.05, 0) is 143 Å². The second-order valence-corrected chi connectivity index (χ2v) is 20.3. The van der Waals surface area contributed by atoms with E-state index in [1.807, 2.05) is 70.3 Å². The van der Waals surface area contributed by atoms with Gasteiger partial charge in [-0.25, -0.2) is 8.42 Å². The molecule has 1 aliphatic heterocycles. The molecule has 0 bridgehead atoms. The molecular weight excluding hydrogens is 839 g/mol. The van der Waals surface area contributed by atoms with E-state index in [4.69, 9.17) is 24.2 Å². The van der Waals surface area contributed by atoms with E-state index in [9.17, 15) is 15.0 Å². The van der Waals surface area contributed by atoms with E-state index in [1.165, 1.54) is 23.4 Å². The average Bonchev–Trinajstić information content (AvgIpc) is 3.25. The molecule has 342 valence electrons. The van der Waals surface area contributed by atoms with Gasteiger partial charge in [0.2, 0.25) is 21.7 Å². The summed E-state index contributed by atoms with van der Waals surface area (Å²) < 4.78 is 52.9. The minimum absolute atomic E-state index is 0.00412. The smallest absolute Gasteiger partial charge is 0.243 e.